The second-order valence-corrected chi connectivity index (χ2v) is 7.15. The Balaban J connectivity index is 1.84. The fourth-order valence-corrected chi connectivity index (χ4v) is 3.14. The molecule has 0 aliphatic heterocycles. The topological polar surface area (TPSA) is 146 Å². The molecule has 2 heterocycles. The molecule has 1 aromatic carbocycles. The van der Waals surface area contributed by atoms with Crippen molar-refractivity contribution in [2.45, 2.75) is 38.5 Å². The van der Waals surface area contributed by atoms with Gasteiger partial charge >= 0.3 is 5.97 Å². The quantitative estimate of drug-likeness (QED) is 0.406. The molecule has 3 rings (SSSR count). The predicted molar refractivity (Wildman–Crippen MR) is 112 cm³/mol. The maximum atomic E-state index is 13.2. The van der Waals surface area contributed by atoms with Crippen LogP contribution in [0, 0.1) is 5.82 Å². The van der Waals surface area contributed by atoms with Crippen LogP contribution in [0.25, 0.3) is 16.6 Å². The molecule has 168 valence electrons. The number of carboxylic acid groups (broad SMARTS) is 1. The number of aliphatic hydroxyl groups excluding tert-OH is 1. The normalized spacial score (nSPS) is 13.9. The largest absolute Gasteiger partial charge is 0.480 e. The molecule has 4 N–H and O–H groups in total. The van der Waals surface area contributed by atoms with Gasteiger partial charge in [0.05, 0.1) is 35.3 Å². The average Bonchev–Trinajstić information content (AvgIpc) is 3.19. The van der Waals surface area contributed by atoms with Gasteiger partial charge in [0, 0.05) is 11.6 Å². The number of carbonyl (C=O) groups is 3. The zero-order valence-corrected chi connectivity index (χ0v) is 17.3. The van der Waals surface area contributed by atoms with E-state index in [0.717, 1.165) is 0 Å². The van der Waals surface area contributed by atoms with Gasteiger partial charge in [0.1, 0.15) is 11.9 Å². The molecule has 10 nitrogen and oxygen atoms in total. The molecule has 11 heteroatoms. The Morgan fingerprint density at radius 3 is 2.41 bits per heavy atom. The van der Waals surface area contributed by atoms with Gasteiger partial charge in [-0.2, -0.15) is 5.10 Å². The first-order valence-electron chi connectivity index (χ1n) is 9.82. The van der Waals surface area contributed by atoms with Crippen LogP contribution in [0.1, 0.15) is 30.6 Å². The van der Waals surface area contributed by atoms with Gasteiger partial charge in [-0.15, -0.1) is 0 Å². The maximum absolute atomic E-state index is 13.2. The molecule has 32 heavy (non-hydrogen) atoms. The minimum absolute atomic E-state index is 0.160. The van der Waals surface area contributed by atoms with Crippen molar-refractivity contribution in [1.29, 1.82) is 0 Å². The molecule has 1 unspecified atom stereocenters. The van der Waals surface area contributed by atoms with Crippen LogP contribution in [0.3, 0.4) is 0 Å². The van der Waals surface area contributed by atoms with Gasteiger partial charge in [-0.3, -0.25) is 14.6 Å². The molecule has 0 fully saturated rings. The Morgan fingerprint density at radius 2 is 1.81 bits per heavy atom. The van der Waals surface area contributed by atoms with E-state index in [4.69, 9.17) is 5.11 Å². The molecule has 3 atom stereocenters. The summed E-state index contributed by atoms with van der Waals surface area (Å²) in [6.45, 7) is 2.89. The Bertz CT molecular complexity index is 1150. The van der Waals surface area contributed by atoms with Crippen LogP contribution in [-0.2, 0) is 9.59 Å². The van der Waals surface area contributed by atoms with Crippen molar-refractivity contribution in [3.8, 4) is 5.69 Å². The van der Waals surface area contributed by atoms with Crippen molar-refractivity contribution >= 4 is 28.7 Å². The molecular formula is C21H22FN5O5. The van der Waals surface area contributed by atoms with Crippen LogP contribution >= 0.6 is 0 Å². The molecule has 3 aromatic rings. The number of amides is 2. The third kappa shape index (κ3) is 4.72. The zero-order valence-electron chi connectivity index (χ0n) is 17.3. The van der Waals surface area contributed by atoms with Crippen LogP contribution in [0.5, 0.6) is 0 Å². The number of rotatable bonds is 8. The number of aliphatic hydroxyl groups is 1. The van der Waals surface area contributed by atoms with E-state index in [0.29, 0.717) is 16.6 Å². The maximum Gasteiger partial charge on any atom is 0.328 e. The Hall–Kier alpha value is -3.86. The highest BCUT2D eigenvalue weighted by Gasteiger charge is 2.29. The fraction of sp³-hybridized carbons (Fsp3) is 0.286. The first-order valence-corrected chi connectivity index (χ1v) is 9.82. The van der Waals surface area contributed by atoms with Crippen molar-refractivity contribution in [2.24, 2.45) is 0 Å². The minimum Gasteiger partial charge on any atom is -0.480 e. The molecule has 0 aliphatic rings. The van der Waals surface area contributed by atoms with Gasteiger partial charge in [-0.1, -0.05) is 6.92 Å². The van der Waals surface area contributed by atoms with E-state index in [1.165, 1.54) is 54.5 Å². The number of carbonyl (C=O) groups excluding carboxylic acids is 2. The second kappa shape index (κ2) is 9.52. The van der Waals surface area contributed by atoms with Crippen LogP contribution in [-0.4, -0.2) is 60.9 Å². The standard InChI is InChI=1S/C21H22FN5O5/c1-3-16(20(30)26-18(11(2)28)21(31)32)25-19(29)15-8-23-10-17-14(15)9-24-27(17)13-6-4-12(22)5-7-13/h4-11,16,18,28H,3H2,1-2H3,(H,25,29)(H,26,30)(H,31,32)/t11-,16?,18+/m1/s1. The van der Waals surface area contributed by atoms with Crippen LogP contribution in [0.4, 0.5) is 4.39 Å². The summed E-state index contributed by atoms with van der Waals surface area (Å²) in [6, 6.07) is 3.10. The van der Waals surface area contributed by atoms with Crippen molar-refractivity contribution in [2.75, 3.05) is 0 Å². The van der Waals surface area contributed by atoms with E-state index in [1.54, 1.807) is 6.92 Å². The molecule has 2 aromatic heterocycles. The highest BCUT2D eigenvalue weighted by atomic mass is 19.1. The summed E-state index contributed by atoms with van der Waals surface area (Å²) >= 11 is 0. The van der Waals surface area contributed by atoms with Crippen LogP contribution < -0.4 is 10.6 Å². The number of nitrogens with zero attached hydrogens (tertiary/aromatic N) is 3. The average molecular weight is 443 g/mol. The third-order valence-electron chi connectivity index (χ3n) is 4.89. The lowest BCUT2D eigenvalue weighted by atomic mass is 10.1. The highest BCUT2D eigenvalue weighted by Crippen LogP contribution is 2.21. The van der Waals surface area contributed by atoms with Crippen LogP contribution in [0.2, 0.25) is 0 Å². The van der Waals surface area contributed by atoms with E-state index in [2.05, 4.69) is 20.7 Å². The van der Waals surface area contributed by atoms with Crippen molar-refractivity contribution in [1.82, 2.24) is 25.4 Å². The van der Waals surface area contributed by atoms with E-state index in [9.17, 15) is 23.9 Å². The second-order valence-electron chi connectivity index (χ2n) is 7.15. The number of hydrogen-bond donors (Lipinski definition) is 4. The summed E-state index contributed by atoms with van der Waals surface area (Å²) in [7, 11) is 0. The molecule has 2 amide bonds. The van der Waals surface area contributed by atoms with Gasteiger partial charge in [-0.25, -0.2) is 13.9 Å². The predicted octanol–water partition coefficient (Wildman–Crippen LogP) is 1.02. The summed E-state index contributed by atoms with van der Waals surface area (Å²) in [5.41, 5.74) is 1.23. The monoisotopic (exact) mass is 443 g/mol. The fourth-order valence-electron chi connectivity index (χ4n) is 3.14. The summed E-state index contributed by atoms with van der Waals surface area (Å²) in [5.74, 6) is -3.13. The minimum atomic E-state index is -1.51. The van der Waals surface area contributed by atoms with Crippen molar-refractivity contribution in [3.05, 3.63) is 54.2 Å². The van der Waals surface area contributed by atoms with E-state index in [1.807, 2.05) is 0 Å². The number of benzene rings is 1. The van der Waals surface area contributed by atoms with Gasteiger partial charge in [0.25, 0.3) is 5.91 Å². The van der Waals surface area contributed by atoms with Crippen LogP contribution in [0.15, 0.2) is 42.9 Å². The van der Waals surface area contributed by atoms with Gasteiger partial charge in [0.15, 0.2) is 6.04 Å². The molecule has 0 radical (unpaired) electrons. The highest BCUT2D eigenvalue weighted by molar-refractivity contribution is 6.07. The van der Waals surface area contributed by atoms with Crippen molar-refractivity contribution in [3.63, 3.8) is 0 Å². The Labute approximate surface area is 182 Å². The SMILES string of the molecule is CCC(NC(=O)c1cncc2c1cnn2-c1ccc(F)cc1)C(=O)N[C@H](C(=O)O)[C@@H](C)O. The number of nitrogens with one attached hydrogen (secondary N) is 2. The number of fused-ring (bicyclic) bond motifs is 1. The molecule has 0 spiro atoms. The molecule has 0 saturated carbocycles. The Kier molecular flexibility index (Phi) is 6.79. The van der Waals surface area contributed by atoms with E-state index in [-0.39, 0.29) is 12.0 Å². The van der Waals surface area contributed by atoms with Gasteiger partial charge in [0.2, 0.25) is 5.91 Å². The number of aliphatic carboxylic acids is 1. The first-order chi connectivity index (χ1) is 15.2. The third-order valence-corrected chi connectivity index (χ3v) is 4.89. The zero-order chi connectivity index (χ0) is 23.4. The lowest BCUT2D eigenvalue weighted by Gasteiger charge is -2.22. The van der Waals surface area contributed by atoms with E-state index >= 15 is 0 Å². The number of aromatic nitrogens is 3. The molecule has 0 aliphatic carbocycles. The number of hydrogen-bond acceptors (Lipinski definition) is 6. The van der Waals surface area contributed by atoms with Crippen molar-refractivity contribution < 1.29 is 29.0 Å². The molecule has 0 bridgehead atoms. The summed E-state index contributed by atoms with van der Waals surface area (Å²) in [4.78, 5) is 40.7. The molecular weight excluding hydrogens is 421 g/mol. The summed E-state index contributed by atoms with van der Waals surface area (Å²) < 4.78 is 14.7. The first kappa shape index (κ1) is 22.8. The summed E-state index contributed by atoms with van der Waals surface area (Å²) in [6.07, 6.45) is 3.16. The molecule has 0 saturated heterocycles. The van der Waals surface area contributed by atoms with E-state index < -0.39 is 41.8 Å². The summed E-state index contributed by atoms with van der Waals surface area (Å²) in [5, 5.41) is 28.2. The number of pyridine rings is 1. The smallest absolute Gasteiger partial charge is 0.328 e. The van der Waals surface area contributed by atoms with Gasteiger partial charge < -0.3 is 20.8 Å². The lowest BCUT2D eigenvalue weighted by molar-refractivity contribution is -0.145. The van der Waals surface area contributed by atoms with Gasteiger partial charge in [-0.05, 0) is 37.6 Å². The number of carboxylic acids is 1. The Morgan fingerprint density at radius 1 is 1.12 bits per heavy atom. The number of halogens is 1. The lowest BCUT2D eigenvalue weighted by Crippen LogP contribution is -2.54.